The Morgan fingerprint density at radius 2 is 0.627 bits per heavy atom. The van der Waals surface area contributed by atoms with Gasteiger partial charge in [0.25, 0.3) is 0 Å². The molecule has 6 rings (SSSR count). The van der Waals surface area contributed by atoms with E-state index in [-0.39, 0.29) is 168 Å². The zero-order chi connectivity index (χ0) is 45.6. The van der Waals surface area contributed by atoms with E-state index in [0.29, 0.717) is 11.4 Å². The first kappa shape index (κ1) is 60.0. The molecule has 29 heteroatoms. The Morgan fingerprint density at radius 3 is 0.940 bits per heavy atom. The van der Waals surface area contributed by atoms with E-state index in [9.17, 15) is 57.1 Å². The summed E-state index contributed by atoms with van der Waals surface area (Å²) in [5.41, 5.74) is 0.799. The molecule has 21 nitrogen and oxygen atoms in total. The van der Waals surface area contributed by atoms with Gasteiger partial charge < -0.3 is 23.4 Å². The summed E-state index contributed by atoms with van der Waals surface area (Å²) < 4.78 is 140. The van der Waals surface area contributed by atoms with Crippen LogP contribution in [0.15, 0.2) is 189 Å². The van der Waals surface area contributed by atoms with Gasteiger partial charge in [-0.05, 0) is 120 Å². The van der Waals surface area contributed by atoms with Crippen molar-refractivity contribution < 1.29 is 175 Å². The molecule has 0 aliphatic heterocycles. The van der Waals surface area contributed by atoms with Crippen molar-refractivity contribution in [1.29, 1.82) is 0 Å². The summed E-state index contributed by atoms with van der Waals surface area (Å²) in [5.74, 6) is 0. The first-order valence-corrected chi connectivity index (χ1v) is 22.9. The zero-order valence-corrected chi connectivity index (χ0v) is 46.6. The minimum Gasteiger partial charge on any atom is -0.744 e. The van der Waals surface area contributed by atoms with Crippen molar-refractivity contribution in [3.05, 3.63) is 150 Å². The third-order valence-corrected chi connectivity index (χ3v) is 11.7. The second kappa shape index (κ2) is 25.7. The Hall–Kier alpha value is -3.10. The number of rotatable bonds is 14. The molecule has 0 fully saturated rings. The van der Waals surface area contributed by atoms with Crippen LogP contribution in [0.1, 0.15) is 11.1 Å². The van der Waals surface area contributed by atoms with Gasteiger partial charge in [-0.1, -0.05) is 29.1 Å². The maximum Gasteiger partial charge on any atom is 1.00 e. The van der Waals surface area contributed by atoms with Gasteiger partial charge in [-0.15, -0.1) is 0 Å². The molecule has 0 saturated carbocycles. The first-order valence-electron chi connectivity index (χ1n) is 17.3. The molecular weight excluding hydrogens is 997 g/mol. The fourth-order valence-electron chi connectivity index (χ4n) is 5.16. The quantitative estimate of drug-likeness (QED) is 0.0258. The molecule has 0 aliphatic carbocycles. The summed E-state index contributed by atoms with van der Waals surface area (Å²) in [5, 5.41) is 40.1. The summed E-state index contributed by atoms with van der Waals surface area (Å²) in [7, 11) is -19.6. The molecule has 0 saturated heterocycles. The molecule has 0 radical (unpaired) electrons. The molecule has 0 atom stereocenters. The van der Waals surface area contributed by atoms with Crippen molar-refractivity contribution in [2.45, 2.75) is 19.6 Å². The van der Waals surface area contributed by atoms with Gasteiger partial charge in [0.05, 0.1) is 53.7 Å². The predicted octanol–water partition coefficient (Wildman–Crippen LogP) is -3.34. The molecule has 6 aromatic rings. The predicted molar refractivity (Wildman–Crippen MR) is 217 cm³/mol. The second-order valence-electron chi connectivity index (χ2n) is 12.6. The van der Waals surface area contributed by atoms with E-state index >= 15 is 0 Å². The minimum atomic E-state index is -5.14. The van der Waals surface area contributed by atoms with E-state index in [1.54, 1.807) is 0 Å². The van der Waals surface area contributed by atoms with E-state index in [2.05, 4.69) is 35.8 Å². The van der Waals surface area contributed by atoms with Crippen LogP contribution in [0.2, 0.25) is 0 Å². The van der Waals surface area contributed by atoms with E-state index in [1.807, 2.05) is 0 Å². The molecular formula is C38H24N8Na4O13S4. The van der Waals surface area contributed by atoms with E-state index in [4.69, 9.17) is 0 Å². The topological polar surface area (TPSA) is 341 Å². The maximum absolute atomic E-state index is 12.5. The molecule has 6 aromatic carbocycles. The molecule has 0 amide bonds. The Labute approximate surface area is 472 Å². The zero-order valence-electron chi connectivity index (χ0n) is 35.4. The minimum absolute atomic E-state index is 0. The van der Waals surface area contributed by atoms with Crippen LogP contribution in [0.3, 0.4) is 0 Å². The van der Waals surface area contributed by atoms with Crippen LogP contribution in [0.4, 0.5) is 45.5 Å². The normalized spacial score (nSPS) is 12.4. The number of nitrogens with zero attached hydrogens (tertiary/aromatic N) is 8. The van der Waals surface area contributed by atoms with Crippen molar-refractivity contribution in [2.75, 3.05) is 0 Å². The Morgan fingerprint density at radius 1 is 0.358 bits per heavy atom. The van der Waals surface area contributed by atoms with Gasteiger partial charge in [-0.25, -0.2) is 33.7 Å². The average Bonchev–Trinajstić information content (AvgIpc) is 3.23. The third kappa shape index (κ3) is 17.7. The molecule has 0 unspecified atom stereocenters. The number of benzene rings is 6. The largest absolute Gasteiger partial charge is 1.00 e. The summed E-state index contributed by atoms with van der Waals surface area (Å²) in [6.07, 6.45) is 2.23. The van der Waals surface area contributed by atoms with Gasteiger partial charge in [0.15, 0.2) is 0 Å². The maximum atomic E-state index is 12.5. The van der Waals surface area contributed by atoms with E-state index in [1.165, 1.54) is 97.1 Å². The van der Waals surface area contributed by atoms with Crippen LogP contribution in [0, 0.1) is 5.21 Å². The van der Waals surface area contributed by atoms with Gasteiger partial charge in [0.1, 0.15) is 46.2 Å². The summed E-state index contributed by atoms with van der Waals surface area (Å²) in [4.78, 5) is -2.14. The molecule has 0 heterocycles. The van der Waals surface area contributed by atoms with Crippen molar-refractivity contribution in [2.24, 2.45) is 35.8 Å². The second-order valence-corrected chi connectivity index (χ2v) is 18.0. The van der Waals surface area contributed by atoms with Crippen molar-refractivity contribution in [3.8, 4) is 0 Å². The molecule has 0 spiro atoms. The van der Waals surface area contributed by atoms with Gasteiger partial charge in [0.2, 0.25) is 5.69 Å². The van der Waals surface area contributed by atoms with Crippen molar-refractivity contribution in [3.63, 3.8) is 0 Å². The number of hydrogen-bond acceptors (Lipinski definition) is 20. The number of azo groups is 4. The Bertz CT molecular complexity index is 3330. The molecule has 0 bridgehead atoms. The first-order chi connectivity index (χ1) is 29.6. The molecule has 0 aromatic heterocycles. The molecule has 322 valence electrons. The standard InChI is InChI=1S/C38H28N8O13S4.4Na/c47-46(45-31-15-21-36(22-16-31)61(51,52)53)34-17-11-29(12-18-34)42-44-33-6-4-26(38(24-33)63(57,58)59)2-1-25-3-5-32(23-37(25)62(54,55)56)43-41-28-9-7-27(8-10-28)39-40-30-13-19-35(20-14-30)60(48,49)50;;;;/h1-24H,(H,48,49,50)(H,51,52,53)(H,54,55,56)(H,57,58,59);;;;/q;4*+1/p-4. The molecule has 0 N–H and O–H groups in total. The van der Waals surface area contributed by atoms with Crippen molar-refractivity contribution in [1.82, 2.24) is 0 Å². The van der Waals surface area contributed by atoms with Gasteiger partial charge >= 0.3 is 118 Å². The van der Waals surface area contributed by atoms with Crippen LogP contribution < -0.4 is 118 Å². The Kier molecular flexibility index (Phi) is 23.0. The third-order valence-electron chi connectivity index (χ3n) is 8.20. The fourth-order valence-corrected chi connectivity index (χ4v) is 7.48. The SMILES string of the molecule is O=S(=O)([O-])c1ccc(N=Nc2ccc(N=Nc3ccc(C=Cc4ccc(N=Nc5ccc([N+]([O-])=Nc6ccc(S(=O)(=O)[O-])cc6)cc5)cc4S(=O)(=O)[O-])c(S(=O)(=O)[O-])c3)cc2)cc1.[Na+].[Na+].[Na+].[Na+]. The van der Waals surface area contributed by atoms with Gasteiger partial charge in [-0.2, -0.15) is 30.7 Å². The van der Waals surface area contributed by atoms with Gasteiger partial charge in [-0.3, -0.25) is 0 Å². The summed E-state index contributed by atoms with van der Waals surface area (Å²) in [6, 6.07) is 27.5. The number of hydrogen-bond donors (Lipinski definition) is 0. The fraction of sp³-hybridized carbons (Fsp3) is 0. The van der Waals surface area contributed by atoms with Gasteiger partial charge in [0, 0.05) is 17.2 Å². The van der Waals surface area contributed by atoms with Crippen LogP contribution in [0.25, 0.3) is 12.2 Å². The van der Waals surface area contributed by atoms with Crippen LogP contribution >= 0.6 is 0 Å². The smallest absolute Gasteiger partial charge is 0.744 e. The van der Waals surface area contributed by atoms with E-state index in [0.717, 1.165) is 48.6 Å². The van der Waals surface area contributed by atoms with Crippen molar-refractivity contribution >= 4 is 98.1 Å². The van der Waals surface area contributed by atoms with Crippen LogP contribution in [0.5, 0.6) is 0 Å². The van der Waals surface area contributed by atoms with Crippen LogP contribution in [-0.2, 0) is 40.5 Å². The Balaban J connectivity index is 0.00000385. The average molecular weight is 1020 g/mol. The molecule has 67 heavy (non-hydrogen) atoms. The van der Waals surface area contributed by atoms with E-state index < -0.39 is 60.1 Å². The summed E-state index contributed by atoms with van der Waals surface area (Å²) >= 11 is 0. The van der Waals surface area contributed by atoms with Crippen LogP contribution in [-0.4, -0.2) is 56.7 Å². The molecule has 0 aliphatic rings. The monoisotopic (exact) mass is 1020 g/mol. The summed E-state index contributed by atoms with van der Waals surface area (Å²) in [6.45, 7) is 0.